The van der Waals surface area contributed by atoms with Crippen LogP contribution < -0.4 is 22.5 Å². The molecule has 0 amide bonds. The van der Waals surface area contributed by atoms with E-state index < -0.39 is 27.9 Å². The minimum absolute atomic E-state index is 0.174. The third-order valence-corrected chi connectivity index (χ3v) is 7.61. The summed E-state index contributed by atoms with van der Waals surface area (Å²) in [5.74, 6) is 0. The third kappa shape index (κ3) is 4.57. The number of hydrogen-bond donors (Lipinski definition) is 3. The van der Waals surface area contributed by atoms with Gasteiger partial charge in [0.1, 0.15) is 0 Å². The Bertz CT molecular complexity index is 2100. The molecule has 3 aromatic carbocycles. The van der Waals surface area contributed by atoms with E-state index >= 15 is 0 Å². The van der Waals surface area contributed by atoms with Crippen molar-refractivity contribution in [1.29, 1.82) is 0 Å². The molecule has 3 N–H and O–H groups in total. The first-order chi connectivity index (χ1) is 19.9. The Morgan fingerprint density at radius 2 is 1.32 bits per heavy atom. The minimum atomic E-state index is -1.40. The monoisotopic (exact) mass is 545 g/mol. The predicted molar refractivity (Wildman–Crippen MR) is 157 cm³/mol. The average Bonchev–Trinajstić information content (AvgIpc) is 3.31. The van der Waals surface area contributed by atoms with Crippen molar-refractivity contribution in [2.75, 3.05) is 0 Å². The van der Waals surface area contributed by atoms with E-state index in [1.54, 1.807) is 6.20 Å². The molecule has 9 heteroatoms. The van der Waals surface area contributed by atoms with Crippen LogP contribution in [0.2, 0.25) is 0 Å². The number of hydrogen-bond acceptors (Lipinski definition) is 4. The Labute approximate surface area is 233 Å². The minimum Gasteiger partial charge on any atom is -0.350 e. The second-order valence-corrected chi connectivity index (χ2v) is 10.1. The average molecular weight is 546 g/mol. The lowest BCUT2D eigenvalue weighted by Crippen LogP contribution is -2.45. The number of benzene rings is 3. The molecule has 1 atom stereocenters. The second kappa shape index (κ2) is 10.3. The van der Waals surface area contributed by atoms with Gasteiger partial charge in [0, 0.05) is 47.7 Å². The summed E-state index contributed by atoms with van der Waals surface area (Å²) in [6.45, 7) is 0.211. The molecule has 0 aliphatic carbocycles. The zero-order valence-electron chi connectivity index (χ0n) is 22.3. The first-order valence-corrected chi connectivity index (χ1v) is 13.2. The van der Waals surface area contributed by atoms with E-state index in [-0.39, 0.29) is 24.1 Å². The fourth-order valence-corrected chi connectivity index (χ4v) is 5.74. The Hall–Kier alpha value is -5.44. The molecule has 0 aliphatic rings. The first-order valence-electron chi connectivity index (χ1n) is 13.2. The van der Waals surface area contributed by atoms with Crippen molar-refractivity contribution in [3.8, 4) is 0 Å². The second-order valence-electron chi connectivity index (χ2n) is 10.1. The van der Waals surface area contributed by atoms with Crippen molar-refractivity contribution in [3.05, 3.63) is 173 Å². The van der Waals surface area contributed by atoms with Crippen LogP contribution in [0.25, 0.3) is 10.9 Å². The summed E-state index contributed by atoms with van der Waals surface area (Å²) in [5, 5.41) is 0.830. The van der Waals surface area contributed by atoms with Crippen LogP contribution in [0.4, 0.5) is 0 Å². The van der Waals surface area contributed by atoms with Crippen LogP contribution in [0.3, 0.4) is 0 Å². The molecule has 1 unspecified atom stereocenters. The number of aromatic amines is 3. The lowest BCUT2D eigenvalue weighted by atomic mass is 9.67. The van der Waals surface area contributed by atoms with Crippen LogP contribution in [0, 0.1) is 0 Å². The van der Waals surface area contributed by atoms with Crippen LogP contribution in [0.15, 0.2) is 123 Å². The zero-order chi connectivity index (χ0) is 28.6. The number of H-pyrrole nitrogens is 3. The van der Waals surface area contributed by atoms with Crippen LogP contribution >= 0.6 is 0 Å². The van der Waals surface area contributed by atoms with Gasteiger partial charge < -0.3 is 9.55 Å². The molecule has 41 heavy (non-hydrogen) atoms. The topological polar surface area (TPSA) is 126 Å². The van der Waals surface area contributed by atoms with Crippen LogP contribution in [-0.2, 0) is 25.4 Å². The molecule has 0 fully saturated rings. The van der Waals surface area contributed by atoms with E-state index in [1.165, 1.54) is 10.8 Å². The molecule has 0 aliphatic heterocycles. The molecule has 6 rings (SSSR count). The van der Waals surface area contributed by atoms with Crippen LogP contribution in [0.1, 0.15) is 27.8 Å². The summed E-state index contributed by atoms with van der Waals surface area (Å²) in [6.07, 6.45) is 5.02. The van der Waals surface area contributed by atoms with Crippen LogP contribution in [0.5, 0.6) is 0 Å². The third-order valence-electron chi connectivity index (χ3n) is 7.61. The summed E-state index contributed by atoms with van der Waals surface area (Å²) in [6, 6.07) is 26.7. The van der Waals surface area contributed by atoms with E-state index in [0.29, 0.717) is 5.56 Å². The van der Waals surface area contributed by atoms with E-state index in [1.807, 2.05) is 103 Å². The molecule has 3 aromatic heterocycles. The number of aromatic nitrogens is 5. The highest BCUT2D eigenvalue weighted by Gasteiger charge is 2.43. The largest absolute Gasteiger partial charge is 0.350 e. The van der Waals surface area contributed by atoms with Crippen molar-refractivity contribution >= 4 is 10.9 Å². The fourth-order valence-electron chi connectivity index (χ4n) is 5.74. The van der Waals surface area contributed by atoms with E-state index in [0.717, 1.165) is 22.0 Å². The molecule has 0 spiro atoms. The molecule has 0 bridgehead atoms. The maximum absolute atomic E-state index is 13.9. The first kappa shape index (κ1) is 25.8. The molecular formula is C32H27N5O4. The molecule has 9 nitrogen and oxygen atoms in total. The molecular weight excluding hydrogens is 518 g/mol. The van der Waals surface area contributed by atoms with Gasteiger partial charge in [-0.05, 0) is 29.2 Å². The molecule has 3 heterocycles. The Morgan fingerprint density at radius 1 is 0.683 bits per heavy atom. The normalized spacial score (nSPS) is 12.8. The summed E-state index contributed by atoms with van der Waals surface area (Å²) in [4.78, 5) is 60.2. The van der Waals surface area contributed by atoms with Gasteiger partial charge in [-0.15, -0.1) is 0 Å². The number of fused-ring (bicyclic) bond motifs is 1. The highest BCUT2D eigenvalue weighted by Crippen LogP contribution is 2.42. The van der Waals surface area contributed by atoms with Crippen molar-refractivity contribution in [2.24, 2.45) is 7.05 Å². The van der Waals surface area contributed by atoms with Crippen molar-refractivity contribution < 1.29 is 0 Å². The maximum Gasteiger partial charge on any atom is 0.328 e. The maximum atomic E-state index is 13.9. The van der Waals surface area contributed by atoms with Gasteiger partial charge in [0.2, 0.25) is 0 Å². The molecule has 204 valence electrons. The zero-order valence-corrected chi connectivity index (χ0v) is 22.3. The number of para-hydroxylation sites is 1. The summed E-state index contributed by atoms with van der Waals surface area (Å²) in [7, 11) is 1.90. The van der Waals surface area contributed by atoms with Gasteiger partial charge in [0.15, 0.2) is 0 Å². The fraction of sp³-hybridized carbons (Fsp3) is 0.125. The Balaban J connectivity index is 1.75. The highest BCUT2D eigenvalue weighted by molar-refractivity contribution is 5.86. The molecule has 6 aromatic rings. The van der Waals surface area contributed by atoms with E-state index in [2.05, 4.69) is 15.0 Å². The molecule has 0 saturated heterocycles. The SMILES string of the molecule is Cn1cc(C(Cc2ccccc2)(c2c[nH]c(=O)[nH]c2=O)c2cn(Cc3ccccc3)c(=O)[nH]c2=O)c2ccccc21. The standard InChI is InChI=1S/C32H27N5O4/c1-36-19-25(23-14-8-9-15-27(23)36)32(16-21-10-4-2-5-11-21,24-17-33-30(40)34-28(24)38)26-20-37(31(41)35-29(26)39)18-22-12-6-3-7-13-22/h2-15,17,19-20H,16,18H2,1H3,(H,35,39,41)(H2,33,34,38,40). The lowest BCUT2D eigenvalue weighted by Gasteiger charge is -2.34. The quantitative estimate of drug-likeness (QED) is 0.285. The predicted octanol–water partition coefficient (Wildman–Crippen LogP) is 3.03. The number of nitrogens with one attached hydrogen (secondary N) is 3. The Morgan fingerprint density at radius 3 is 2.02 bits per heavy atom. The summed E-state index contributed by atoms with van der Waals surface area (Å²) in [5.41, 5.74) is -0.190. The van der Waals surface area contributed by atoms with Gasteiger partial charge in [0.25, 0.3) is 11.1 Å². The number of rotatable bonds is 7. The van der Waals surface area contributed by atoms with Gasteiger partial charge in [-0.3, -0.25) is 24.1 Å². The van der Waals surface area contributed by atoms with Gasteiger partial charge in [-0.2, -0.15) is 0 Å². The van der Waals surface area contributed by atoms with Gasteiger partial charge >= 0.3 is 11.4 Å². The highest BCUT2D eigenvalue weighted by atomic mass is 16.2. The van der Waals surface area contributed by atoms with Crippen molar-refractivity contribution in [3.63, 3.8) is 0 Å². The van der Waals surface area contributed by atoms with Gasteiger partial charge in [-0.25, -0.2) is 9.59 Å². The smallest absolute Gasteiger partial charge is 0.328 e. The van der Waals surface area contributed by atoms with Crippen molar-refractivity contribution in [2.45, 2.75) is 18.4 Å². The van der Waals surface area contributed by atoms with Crippen LogP contribution in [-0.4, -0.2) is 24.1 Å². The molecule has 0 saturated carbocycles. The summed E-state index contributed by atoms with van der Waals surface area (Å²) >= 11 is 0. The Kier molecular flexibility index (Phi) is 6.47. The number of nitrogens with zero attached hydrogens (tertiary/aromatic N) is 2. The lowest BCUT2D eigenvalue weighted by molar-refractivity contribution is 0.573. The molecule has 0 radical (unpaired) electrons. The van der Waals surface area contributed by atoms with Gasteiger partial charge in [0.05, 0.1) is 12.0 Å². The van der Waals surface area contributed by atoms with Gasteiger partial charge in [-0.1, -0.05) is 78.9 Å². The number of aryl methyl sites for hydroxylation is 1. The van der Waals surface area contributed by atoms with E-state index in [4.69, 9.17) is 0 Å². The van der Waals surface area contributed by atoms with Crippen molar-refractivity contribution in [1.82, 2.24) is 24.1 Å². The summed E-state index contributed by atoms with van der Waals surface area (Å²) < 4.78 is 3.38. The van der Waals surface area contributed by atoms with E-state index in [9.17, 15) is 19.2 Å².